The molecule has 3 aromatic rings. The molecule has 8 nitrogen and oxygen atoms in total. The van der Waals surface area contributed by atoms with Crippen LogP contribution < -0.4 is 16.4 Å². The van der Waals surface area contributed by atoms with Crippen molar-refractivity contribution in [2.75, 3.05) is 11.9 Å². The first-order valence-corrected chi connectivity index (χ1v) is 13.8. The number of carbonyl (C=O) groups is 3. The van der Waals surface area contributed by atoms with Gasteiger partial charge in [0.05, 0.1) is 11.3 Å². The van der Waals surface area contributed by atoms with Crippen molar-refractivity contribution in [3.05, 3.63) is 65.4 Å². The average Bonchev–Trinajstić information content (AvgIpc) is 3.20. The quantitative estimate of drug-likeness (QED) is 0.300. The van der Waals surface area contributed by atoms with E-state index < -0.39 is 23.2 Å². The van der Waals surface area contributed by atoms with E-state index in [1.54, 1.807) is 11.6 Å². The van der Waals surface area contributed by atoms with Crippen LogP contribution in [0.15, 0.2) is 48.5 Å². The lowest BCUT2D eigenvalue weighted by atomic mass is 9.60. The molecular weight excluding hydrogens is 492 g/mol. The van der Waals surface area contributed by atoms with Gasteiger partial charge in [-0.25, -0.2) is 4.79 Å². The van der Waals surface area contributed by atoms with Gasteiger partial charge in [0.1, 0.15) is 5.69 Å². The van der Waals surface area contributed by atoms with Gasteiger partial charge >= 0.3 is 5.97 Å². The zero-order chi connectivity index (χ0) is 28.3. The van der Waals surface area contributed by atoms with Gasteiger partial charge < -0.3 is 26.0 Å². The molecule has 0 unspecified atom stereocenters. The number of benzene rings is 2. The lowest BCUT2D eigenvalue weighted by molar-refractivity contribution is -0.137. The predicted octanol–water partition coefficient (Wildman–Crippen LogP) is 4.74. The summed E-state index contributed by atoms with van der Waals surface area (Å²) in [4.78, 5) is 40.1. The molecule has 8 heteroatoms. The van der Waals surface area contributed by atoms with Gasteiger partial charge in [-0.05, 0) is 49.8 Å². The van der Waals surface area contributed by atoms with Crippen molar-refractivity contribution in [3.63, 3.8) is 0 Å². The zero-order valence-electron chi connectivity index (χ0n) is 23.3. The van der Waals surface area contributed by atoms with Crippen molar-refractivity contribution in [1.29, 1.82) is 0 Å². The molecule has 0 aliphatic heterocycles. The van der Waals surface area contributed by atoms with Crippen LogP contribution in [0.3, 0.4) is 0 Å². The van der Waals surface area contributed by atoms with Gasteiger partial charge in [-0.3, -0.25) is 9.59 Å². The highest BCUT2D eigenvalue weighted by Gasteiger charge is 2.54. The van der Waals surface area contributed by atoms with Gasteiger partial charge in [0, 0.05) is 41.8 Å². The van der Waals surface area contributed by atoms with E-state index in [1.165, 1.54) is 0 Å². The standard InChI is InChI=1S/C31H40N4O4/c1-19(2)17-21(18-33-24-14-7-5-11-20(24)3)34-28(36)23-13-9-10-16-31(23,30(32)39)26-22-12-6-8-15-25(22)35(4)27(26)29(37)38/h5-8,11-12,14-15,19,21,23,33H,9-10,13,16-18H2,1-4H3,(H2,32,39)(H,34,36)(H,37,38)/t21-,23-,31-/m0/s1. The number of nitrogens with two attached hydrogens (primary N) is 1. The highest BCUT2D eigenvalue weighted by Crippen LogP contribution is 2.48. The Morgan fingerprint density at radius 1 is 1.10 bits per heavy atom. The van der Waals surface area contributed by atoms with Crippen LogP contribution >= 0.6 is 0 Å². The maximum absolute atomic E-state index is 14.1. The minimum absolute atomic E-state index is 0.00894. The number of carboxylic acids is 1. The van der Waals surface area contributed by atoms with E-state index in [0.717, 1.165) is 24.1 Å². The van der Waals surface area contributed by atoms with Gasteiger partial charge in [-0.1, -0.05) is 63.1 Å². The van der Waals surface area contributed by atoms with Crippen LogP contribution in [0.5, 0.6) is 0 Å². The molecule has 5 N–H and O–H groups in total. The highest BCUT2D eigenvalue weighted by molar-refractivity contribution is 6.06. The Kier molecular flexibility index (Phi) is 8.33. The summed E-state index contributed by atoms with van der Waals surface area (Å²) in [5.74, 6) is -2.50. The van der Waals surface area contributed by atoms with Gasteiger partial charge in [-0.2, -0.15) is 0 Å². The van der Waals surface area contributed by atoms with Crippen LogP contribution in [0, 0.1) is 18.8 Å². The molecule has 0 spiro atoms. The number of hydrogen-bond acceptors (Lipinski definition) is 4. The summed E-state index contributed by atoms with van der Waals surface area (Å²) < 4.78 is 1.59. The van der Waals surface area contributed by atoms with E-state index >= 15 is 0 Å². The Morgan fingerprint density at radius 3 is 2.46 bits per heavy atom. The fraction of sp³-hybridized carbons (Fsp3) is 0.452. The first kappa shape index (κ1) is 28.2. The van der Waals surface area contributed by atoms with Gasteiger partial charge in [0.15, 0.2) is 0 Å². The third-order valence-corrected chi connectivity index (χ3v) is 8.21. The van der Waals surface area contributed by atoms with Gasteiger partial charge in [0.25, 0.3) is 0 Å². The highest BCUT2D eigenvalue weighted by atomic mass is 16.4. The number of primary amides is 1. The van der Waals surface area contributed by atoms with Crippen LogP contribution in [-0.4, -0.2) is 40.0 Å². The minimum atomic E-state index is -1.43. The maximum atomic E-state index is 14.1. The van der Waals surface area contributed by atoms with Crippen LogP contribution in [0.1, 0.15) is 67.6 Å². The molecule has 3 atom stereocenters. The molecule has 1 aromatic heterocycles. The van der Waals surface area contributed by atoms with Crippen molar-refractivity contribution in [2.45, 2.75) is 64.3 Å². The van der Waals surface area contributed by atoms with E-state index in [1.807, 2.05) is 55.5 Å². The lowest BCUT2D eigenvalue weighted by Crippen LogP contribution is -2.56. The Bertz CT molecular complexity index is 1380. The Labute approximate surface area is 230 Å². The molecule has 1 aliphatic rings. The molecule has 4 rings (SSSR count). The summed E-state index contributed by atoms with van der Waals surface area (Å²) in [5, 5.41) is 17.6. The lowest BCUT2D eigenvalue weighted by Gasteiger charge is -2.42. The number of anilines is 1. The average molecular weight is 533 g/mol. The SMILES string of the molecule is Cc1ccccc1NC[C@H](CC(C)C)NC(=O)[C@@H]1CCCC[C@@]1(C(N)=O)c1c(C(=O)O)n(C)c2ccccc12. The summed E-state index contributed by atoms with van der Waals surface area (Å²) in [6, 6.07) is 15.1. The number of aryl methyl sites for hydroxylation is 2. The van der Waals surface area contributed by atoms with Crippen molar-refractivity contribution in [2.24, 2.45) is 24.6 Å². The number of nitrogens with one attached hydrogen (secondary N) is 2. The Hall–Kier alpha value is -3.81. The molecular formula is C31H40N4O4. The molecule has 0 bridgehead atoms. The first-order valence-electron chi connectivity index (χ1n) is 13.8. The number of aromatic carboxylic acids is 1. The normalized spacial score (nSPS) is 20.1. The second-order valence-corrected chi connectivity index (χ2v) is 11.3. The number of hydrogen-bond donors (Lipinski definition) is 4. The molecule has 2 amide bonds. The minimum Gasteiger partial charge on any atom is -0.477 e. The fourth-order valence-electron chi connectivity index (χ4n) is 6.41. The summed E-state index contributed by atoms with van der Waals surface area (Å²) >= 11 is 0. The van der Waals surface area contributed by atoms with Gasteiger partial charge in [0.2, 0.25) is 11.8 Å². The van der Waals surface area contributed by atoms with Crippen LogP contribution in [0.25, 0.3) is 10.9 Å². The number of carboxylic acid groups (broad SMARTS) is 1. The largest absolute Gasteiger partial charge is 0.477 e. The molecule has 1 aliphatic carbocycles. The number of para-hydroxylation sites is 2. The van der Waals surface area contributed by atoms with Crippen molar-refractivity contribution >= 4 is 34.4 Å². The molecule has 39 heavy (non-hydrogen) atoms. The zero-order valence-corrected chi connectivity index (χ0v) is 23.3. The molecule has 0 radical (unpaired) electrons. The number of fused-ring (bicyclic) bond motifs is 1. The summed E-state index contributed by atoms with van der Waals surface area (Å²) in [6.07, 6.45) is 2.97. The van der Waals surface area contributed by atoms with Crippen molar-refractivity contribution < 1.29 is 19.5 Å². The van der Waals surface area contributed by atoms with E-state index in [0.29, 0.717) is 48.2 Å². The van der Waals surface area contributed by atoms with E-state index in [4.69, 9.17) is 5.73 Å². The topological polar surface area (TPSA) is 126 Å². The fourth-order valence-corrected chi connectivity index (χ4v) is 6.41. The van der Waals surface area contributed by atoms with Crippen molar-refractivity contribution in [3.8, 4) is 0 Å². The molecule has 1 saturated carbocycles. The maximum Gasteiger partial charge on any atom is 0.352 e. The number of aromatic nitrogens is 1. The molecule has 2 aromatic carbocycles. The summed E-state index contributed by atoms with van der Waals surface area (Å²) in [7, 11) is 1.68. The molecule has 1 heterocycles. The third kappa shape index (κ3) is 5.37. The molecule has 208 valence electrons. The van der Waals surface area contributed by atoms with Gasteiger partial charge in [-0.15, -0.1) is 0 Å². The number of carbonyl (C=O) groups excluding carboxylic acids is 2. The Morgan fingerprint density at radius 2 is 1.79 bits per heavy atom. The van der Waals surface area contributed by atoms with Crippen LogP contribution in [0.4, 0.5) is 5.69 Å². The van der Waals surface area contributed by atoms with Crippen LogP contribution in [0.2, 0.25) is 0 Å². The smallest absolute Gasteiger partial charge is 0.352 e. The molecule has 1 fully saturated rings. The number of amides is 2. The number of rotatable bonds is 10. The van der Waals surface area contributed by atoms with Crippen molar-refractivity contribution in [1.82, 2.24) is 9.88 Å². The summed E-state index contributed by atoms with van der Waals surface area (Å²) in [5.41, 5.74) is 7.91. The summed E-state index contributed by atoms with van der Waals surface area (Å²) in [6.45, 7) is 6.78. The number of nitrogens with zero attached hydrogens (tertiary/aromatic N) is 1. The van der Waals surface area contributed by atoms with E-state index in [2.05, 4.69) is 24.5 Å². The second-order valence-electron chi connectivity index (χ2n) is 11.3. The third-order valence-electron chi connectivity index (χ3n) is 8.21. The van der Waals surface area contributed by atoms with E-state index in [9.17, 15) is 19.5 Å². The van der Waals surface area contributed by atoms with E-state index in [-0.39, 0.29) is 17.6 Å². The predicted molar refractivity (Wildman–Crippen MR) is 154 cm³/mol. The molecule has 0 saturated heterocycles. The van der Waals surface area contributed by atoms with Crippen LogP contribution in [-0.2, 0) is 22.1 Å². The Balaban J connectivity index is 1.74. The second kappa shape index (κ2) is 11.5. The monoisotopic (exact) mass is 532 g/mol. The first-order chi connectivity index (χ1) is 18.6.